The molecular formula is C16H21BrCl2N4O. The van der Waals surface area contributed by atoms with E-state index in [0.29, 0.717) is 25.5 Å². The lowest BCUT2D eigenvalue weighted by Crippen LogP contribution is -2.36. The average Bonchev–Trinajstić information content (AvgIpc) is 2.51. The van der Waals surface area contributed by atoms with Crippen LogP contribution in [-0.2, 0) is 11.3 Å². The molecule has 1 heterocycles. The van der Waals surface area contributed by atoms with Gasteiger partial charge in [0.05, 0.1) is 6.54 Å². The van der Waals surface area contributed by atoms with Crippen LogP contribution in [0.15, 0.2) is 53.1 Å². The number of benzene rings is 1. The Morgan fingerprint density at radius 1 is 1.17 bits per heavy atom. The molecule has 0 saturated heterocycles. The summed E-state index contributed by atoms with van der Waals surface area (Å²) in [6.07, 6.45) is 1.65. The molecule has 8 heteroatoms. The SMILES string of the molecule is Cl.Cl.NCCN(CC(=O)Nc1ccc(Br)cn1)Cc1ccccc1. The number of halogens is 3. The Labute approximate surface area is 163 Å². The molecule has 2 aromatic rings. The van der Waals surface area contributed by atoms with E-state index in [1.54, 1.807) is 12.3 Å². The Hall–Kier alpha value is -1.18. The Morgan fingerprint density at radius 2 is 1.88 bits per heavy atom. The highest BCUT2D eigenvalue weighted by molar-refractivity contribution is 9.10. The quantitative estimate of drug-likeness (QED) is 0.700. The predicted molar refractivity (Wildman–Crippen MR) is 106 cm³/mol. The third-order valence-corrected chi connectivity index (χ3v) is 3.53. The van der Waals surface area contributed by atoms with Crippen molar-refractivity contribution in [3.63, 3.8) is 0 Å². The molecule has 0 radical (unpaired) electrons. The van der Waals surface area contributed by atoms with E-state index >= 15 is 0 Å². The maximum Gasteiger partial charge on any atom is 0.239 e. The zero-order valence-electron chi connectivity index (χ0n) is 13.0. The summed E-state index contributed by atoms with van der Waals surface area (Å²) in [5.41, 5.74) is 6.79. The van der Waals surface area contributed by atoms with Gasteiger partial charge in [0.15, 0.2) is 0 Å². The van der Waals surface area contributed by atoms with Crippen molar-refractivity contribution in [3.8, 4) is 0 Å². The van der Waals surface area contributed by atoms with Crippen molar-refractivity contribution in [2.75, 3.05) is 25.0 Å². The first-order valence-corrected chi connectivity index (χ1v) is 7.84. The Bertz CT molecular complexity index is 599. The van der Waals surface area contributed by atoms with E-state index in [1.807, 2.05) is 41.3 Å². The molecule has 2 rings (SSSR count). The smallest absolute Gasteiger partial charge is 0.239 e. The Morgan fingerprint density at radius 3 is 2.46 bits per heavy atom. The number of carbonyl (C=O) groups is 1. The standard InChI is InChI=1S/C16H19BrN4O.2ClH/c17-14-6-7-15(19-10-14)20-16(22)12-21(9-8-18)11-13-4-2-1-3-5-13;;/h1-7,10H,8-9,11-12,18H2,(H,19,20,22);2*1H. The molecule has 0 unspecified atom stereocenters. The van der Waals surface area contributed by atoms with E-state index in [0.717, 1.165) is 10.0 Å². The minimum atomic E-state index is -0.0980. The van der Waals surface area contributed by atoms with Gasteiger partial charge in [-0.15, -0.1) is 24.8 Å². The number of nitrogens with zero attached hydrogens (tertiary/aromatic N) is 2. The fourth-order valence-corrected chi connectivity index (χ4v) is 2.31. The molecule has 132 valence electrons. The number of nitrogens with two attached hydrogens (primary N) is 1. The molecule has 1 amide bonds. The van der Waals surface area contributed by atoms with Crippen molar-refractivity contribution >= 4 is 52.5 Å². The van der Waals surface area contributed by atoms with Crippen molar-refractivity contribution in [3.05, 3.63) is 58.7 Å². The van der Waals surface area contributed by atoms with Gasteiger partial charge in [0.25, 0.3) is 0 Å². The highest BCUT2D eigenvalue weighted by Crippen LogP contribution is 2.10. The molecule has 0 fully saturated rings. The average molecular weight is 436 g/mol. The van der Waals surface area contributed by atoms with E-state index in [2.05, 4.69) is 26.2 Å². The van der Waals surface area contributed by atoms with E-state index in [4.69, 9.17) is 5.73 Å². The van der Waals surface area contributed by atoms with Gasteiger partial charge in [0, 0.05) is 30.3 Å². The summed E-state index contributed by atoms with van der Waals surface area (Å²) in [4.78, 5) is 18.3. The van der Waals surface area contributed by atoms with Crippen molar-refractivity contribution in [2.24, 2.45) is 5.73 Å². The number of hydrogen-bond acceptors (Lipinski definition) is 4. The van der Waals surface area contributed by atoms with Gasteiger partial charge < -0.3 is 11.1 Å². The summed E-state index contributed by atoms with van der Waals surface area (Å²) in [7, 11) is 0. The molecule has 0 aliphatic heterocycles. The first-order chi connectivity index (χ1) is 10.7. The highest BCUT2D eigenvalue weighted by Gasteiger charge is 2.11. The lowest BCUT2D eigenvalue weighted by atomic mass is 10.2. The number of hydrogen-bond donors (Lipinski definition) is 2. The van der Waals surface area contributed by atoms with Crippen LogP contribution in [0.25, 0.3) is 0 Å². The van der Waals surface area contributed by atoms with E-state index in [1.165, 1.54) is 0 Å². The van der Waals surface area contributed by atoms with Gasteiger partial charge in [-0.3, -0.25) is 9.69 Å². The molecule has 0 saturated carbocycles. The maximum atomic E-state index is 12.1. The predicted octanol–water partition coefficient (Wildman–Crippen LogP) is 3.09. The normalized spacial score (nSPS) is 9.79. The molecule has 1 aromatic carbocycles. The van der Waals surface area contributed by atoms with E-state index in [-0.39, 0.29) is 37.3 Å². The monoisotopic (exact) mass is 434 g/mol. The molecule has 24 heavy (non-hydrogen) atoms. The van der Waals surface area contributed by atoms with Crippen LogP contribution in [-0.4, -0.2) is 35.4 Å². The molecule has 0 bridgehead atoms. The summed E-state index contributed by atoms with van der Waals surface area (Å²) in [6.45, 7) is 2.15. The van der Waals surface area contributed by atoms with Crippen LogP contribution < -0.4 is 11.1 Å². The number of aromatic nitrogens is 1. The third-order valence-electron chi connectivity index (χ3n) is 3.06. The second-order valence-electron chi connectivity index (χ2n) is 4.89. The van der Waals surface area contributed by atoms with Crippen molar-refractivity contribution in [1.82, 2.24) is 9.88 Å². The molecule has 0 atom stereocenters. The number of amides is 1. The largest absolute Gasteiger partial charge is 0.329 e. The third kappa shape index (κ3) is 8.08. The van der Waals surface area contributed by atoms with Gasteiger partial charge in [-0.2, -0.15) is 0 Å². The number of nitrogens with one attached hydrogen (secondary N) is 1. The van der Waals surface area contributed by atoms with Gasteiger partial charge in [-0.05, 0) is 33.6 Å². The number of pyridine rings is 1. The molecular weight excluding hydrogens is 415 g/mol. The van der Waals surface area contributed by atoms with Gasteiger partial charge >= 0.3 is 0 Å². The minimum absolute atomic E-state index is 0. The second kappa shape index (κ2) is 12.2. The number of carbonyl (C=O) groups excluding carboxylic acids is 1. The topological polar surface area (TPSA) is 71.2 Å². The lowest BCUT2D eigenvalue weighted by Gasteiger charge is -2.21. The van der Waals surface area contributed by atoms with Crippen LogP contribution in [0.5, 0.6) is 0 Å². The zero-order valence-corrected chi connectivity index (χ0v) is 16.2. The van der Waals surface area contributed by atoms with Crippen molar-refractivity contribution in [1.29, 1.82) is 0 Å². The Balaban J connectivity index is 0.00000264. The van der Waals surface area contributed by atoms with E-state index in [9.17, 15) is 4.79 Å². The fraction of sp³-hybridized carbons (Fsp3) is 0.250. The van der Waals surface area contributed by atoms with Crippen molar-refractivity contribution < 1.29 is 4.79 Å². The van der Waals surface area contributed by atoms with Crippen molar-refractivity contribution in [2.45, 2.75) is 6.54 Å². The number of rotatable bonds is 7. The summed E-state index contributed by atoms with van der Waals surface area (Å²) < 4.78 is 0.874. The van der Waals surface area contributed by atoms with Crippen LogP contribution in [0.2, 0.25) is 0 Å². The summed E-state index contributed by atoms with van der Waals surface area (Å²) in [5, 5.41) is 2.79. The first-order valence-electron chi connectivity index (χ1n) is 7.05. The maximum absolute atomic E-state index is 12.1. The molecule has 0 spiro atoms. The van der Waals surface area contributed by atoms with Gasteiger partial charge in [0.2, 0.25) is 5.91 Å². The Kier molecular flexibility index (Phi) is 11.6. The van der Waals surface area contributed by atoms with Gasteiger partial charge in [-0.1, -0.05) is 30.3 Å². The summed E-state index contributed by atoms with van der Waals surface area (Å²) >= 11 is 3.31. The van der Waals surface area contributed by atoms with Crippen LogP contribution in [0.3, 0.4) is 0 Å². The van der Waals surface area contributed by atoms with E-state index < -0.39 is 0 Å². The van der Waals surface area contributed by atoms with Crippen LogP contribution >= 0.6 is 40.7 Å². The minimum Gasteiger partial charge on any atom is -0.329 e. The van der Waals surface area contributed by atoms with Gasteiger partial charge in [-0.25, -0.2) is 4.98 Å². The van der Waals surface area contributed by atoms with Gasteiger partial charge in [0.1, 0.15) is 5.82 Å². The zero-order chi connectivity index (χ0) is 15.8. The summed E-state index contributed by atoms with van der Waals surface area (Å²) in [6, 6.07) is 13.6. The van der Waals surface area contributed by atoms with Crippen LogP contribution in [0.1, 0.15) is 5.56 Å². The van der Waals surface area contributed by atoms with Crippen LogP contribution in [0.4, 0.5) is 5.82 Å². The molecule has 1 aromatic heterocycles. The summed E-state index contributed by atoms with van der Waals surface area (Å²) in [5.74, 6) is 0.444. The highest BCUT2D eigenvalue weighted by atomic mass is 79.9. The molecule has 3 N–H and O–H groups in total. The lowest BCUT2D eigenvalue weighted by molar-refractivity contribution is -0.117. The molecule has 0 aliphatic carbocycles. The molecule has 0 aliphatic rings. The van der Waals surface area contributed by atoms with Crippen LogP contribution in [0, 0.1) is 0 Å². The molecule has 5 nitrogen and oxygen atoms in total. The first kappa shape index (κ1) is 22.8. The fourth-order valence-electron chi connectivity index (χ4n) is 2.07. The second-order valence-corrected chi connectivity index (χ2v) is 5.81. The number of anilines is 1.